The number of carbonyl (C=O) groups is 3. The first-order chi connectivity index (χ1) is 13.4. The van der Waals surface area contributed by atoms with Crippen molar-refractivity contribution in [3.63, 3.8) is 0 Å². The predicted octanol–water partition coefficient (Wildman–Crippen LogP) is 2.35. The zero-order chi connectivity index (χ0) is 20.1. The zero-order valence-corrected chi connectivity index (χ0v) is 15.5. The molecule has 8 nitrogen and oxygen atoms in total. The van der Waals surface area contributed by atoms with E-state index in [-0.39, 0.29) is 22.8 Å². The molecular weight excluding hydrogens is 364 g/mol. The Morgan fingerprint density at radius 2 is 1.93 bits per heavy atom. The van der Waals surface area contributed by atoms with Gasteiger partial charge in [-0.05, 0) is 30.9 Å². The normalized spacial score (nSPS) is 19.0. The van der Waals surface area contributed by atoms with Crippen molar-refractivity contribution in [3.05, 3.63) is 46.3 Å². The number of benzene rings is 1. The number of fused-ring (bicyclic) bond motifs is 1. The maximum atomic E-state index is 12.1. The van der Waals surface area contributed by atoms with Gasteiger partial charge < -0.3 is 14.5 Å². The second kappa shape index (κ2) is 8.69. The maximum absolute atomic E-state index is 12.1. The van der Waals surface area contributed by atoms with Gasteiger partial charge in [0.1, 0.15) is 5.58 Å². The molecule has 1 heterocycles. The molecule has 8 heteroatoms. The first kappa shape index (κ1) is 19.6. The number of ether oxygens (including phenoxy) is 1. The number of carbonyl (C=O) groups excluding carboxylic acids is 3. The molecule has 0 spiro atoms. The van der Waals surface area contributed by atoms with E-state index in [2.05, 4.69) is 17.6 Å². The maximum Gasteiger partial charge on any atom is 0.374 e. The summed E-state index contributed by atoms with van der Waals surface area (Å²) in [4.78, 5) is 47.8. The first-order valence-corrected chi connectivity index (χ1v) is 9.24. The summed E-state index contributed by atoms with van der Waals surface area (Å²) in [5, 5.41) is 5.25. The molecule has 2 aromatic rings. The molecule has 1 aromatic heterocycles. The Hall–Kier alpha value is -3.16. The van der Waals surface area contributed by atoms with Crippen molar-refractivity contribution in [2.75, 3.05) is 6.61 Å². The third kappa shape index (κ3) is 4.76. The van der Waals surface area contributed by atoms with E-state index in [1.54, 1.807) is 24.3 Å². The summed E-state index contributed by atoms with van der Waals surface area (Å²) >= 11 is 0. The highest BCUT2D eigenvalue weighted by atomic mass is 16.5. The number of imide groups is 1. The summed E-state index contributed by atoms with van der Waals surface area (Å²) < 4.78 is 10.2. The van der Waals surface area contributed by atoms with E-state index in [1.807, 2.05) is 0 Å². The van der Waals surface area contributed by atoms with E-state index in [1.165, 1.54) is 0 Å². The van der Waals surface area contributed by atoms with Crippen molar-refractivity contribution < 1.29 is 23.5 Å². The minimum absolute atomic E-state index is 0.0241. The summed E-state index contributed by atoms with van der Waals surface area (Å²) in [6, 6.07) is 6.90. The van der Waals surface area contributed by atoms with Gasteiger partial charge in [0, 0.05) is 12.1 Å². The van der Waals surface area contributed by atoms with Gasteiger partial charge in [-0.3, -0.25) is 14.9 Å². The van der Waals surface area contributed by atoms with Crippen LogP contribution in [-0.2, 0) is 9.53 Å². The van der Waals surface area contributed by atoms with Crippen LogP contribution in [0.5, 0.6) is 0 Å². The molecule has 148 valence electrons. The molecule has 3 amide bonds. The molecule has 1 saturated carbocycles. The fourth-order valence-electron chi connectivity index (χ4n) is 3.30. The van der Waals surface area contributed by atoms with Crippen LogP contribution in [0.15, 0.2) is 39.5 Å². The molecule has 1 fully saturated rings. The third-order valence-electron chi connectivity index (χ3n) is 4.85. The molecule has 3 rings (SSSR count). The van der Waals surface area contributed by atoms with Crippen LogP contribution in [0.25, 0.3) is 11.0 Å². The quantitative estimate of drug-likeness (QED) is 0.780. The molecule has 2 N–H and O–H groups in total. The molecule has 1 aliphatic rings. The summed E-state index contributed by atoms with van der Waals surface area (Å²) in [7, 11) is 0. The Morgan fingerprint density at radius 3 is 2.71 bits per heavy atom. The van der Waals surface area contributed by atoms with Crippen LogP contribution in [0.4, 0.5) is 4.79 Å². The minimum Gasteiger partial charge on any atom is -0.450 e. The highest BCUT2D eigenvalue weighted by molar-refractivity contribution is 5.96. The van der Waals surface area contributed by atoms with Crippen molar-refractivity contribution in [2.24, 2.45) is 5.92 Å². The largest absolute Gasteiger partial charge is 0.450 e. The minimum atomic E-state index is -0.959. The van der Waals surface area contributed by atoms with Gasteiger partial charge in [-0.2, -0.15) is 0 Å². The molecule has 2 atom stereocenters. The second-order valence-corrected chi connectivity index (χ2v) is 6.94. The summed E-state index contributed by atoms with van der Waals surface area (Å²) in [5.41, 5.74) is -0.147. The highest BCUT2D eigenvalue weighted by Gasteiger charge is 2.23. The number of hydrogen-bond acceptors (Lipinski definition) is 6. The average Bonchev–Trinajstić information content (AvgIpc) is 2.68. The van der Waals surface area contributed by atoms with E-state index in [4.69, 9.17) is 9.15 Å². The van der Waals surface area contributed by atoms with Gasteiger partial charge in [0.05, 0.1) is 5.39 Å². The van der Waals surface area contributed by atoms with Crippen LogP contribution >= 0.6 is 0 Å². The van der Waals surface area contributed by atoms with E-state index in [0.29, 0.717) is 11.3 Å². The molecular formula is C20H22N2O6. The Labute approximate surface area is 161 Å². The van der Waals surface area contributed by atoms with Crippen molar-refractivity contribution in [3.8, 4) is 0 Å². The number of rotatable bonds is 4. The van der Waals surface area contributed by atoms with E-state index < -0.39 is 24.5 Å². The molecule has 28 heavy (non-hydrogen) atoms. The summed E-state index contributed by atoms with van der Waals surface area (Å²) in [6.07, 6.45) is 4.09. The van der Waals surface area contributed by atoms with Crippen LogP contribution in [0.2, 0.25) is 0 Å². The van der Waals surface area contributed by atoms with Crippen LogP contribution in [-0.4, -0.2) is 30.6 Å². The zero-order valence-electron chi connectivity index (χ0n) is 15.5. The molecule has 0 radical (unpaired) electrons. The van der Waals surface area contributed by atoms with Gasteiger partial charge in [-0.15, -0.1) is 0 Å². The fourth-order valence-corrected chi connectivity index (χ4v) is 3.30. The Balaban J connectivity index is 1.52. The Kier molecular flexibility index (Phi) is 6.08. The summed E-state index contributed by atoms with van der Waals surface area (Å²) in [5.74, 6) is -1.68. The number of hydrogen-bond donors (Lipinski definition) is 2. The third-order valence-corrected chi connectivity index (χ3v) is 4.85. The van der Waals surface area contributed by atoms with Gasteiger partial charge in [0.15, 0.2) is 12.0 Å². The molecule has 1 aromatic carbocycles. The van der Waals surface area contributed by atoms with Crippen molar-refractivity contribution in [1.29, 1.82) is 0 Å². The SMILES string of the molecule is C[C@@H]1CCCC[C@H]1NC(=O)NC(=O)COC(=O)c1cc(=O)c2ccccc2o1. The average molecular weight is 386 g/mol. The van der Waals surface area contributed by atoms with Gasteiger partial charge >= 0.3 is 12.0 Å². The van der Waals surface area contributed by atoms with Crippen molar-refractivity contribution >= 4 is 28.9 Å². The molecule has 1 aliphatic carbocycles. The van der Waals surface area contributed by atoms with E-state index in [0.717, 1.165) is 31.7 Å². The number of para-hydroxylation sites is 1. The first-order valence-electron chi connectivity index (χ1n) is 9.24. The van der Waals surface area contributed by atoms with Crippen LogP contribution < -0.4 is 16.1 Å². The lowest BCUT2D eigenvalue weighted by atomic mass is 9.86. The highest BCUT2D eigenvalue weighted by Crippen LogP contribution is 2.23. The van der Waals surface area contributed by atoms with Gasteiger partial charge in [0.25, 0.3) is 5.91 Å². The van der Waals surface area contributed by atoms with Gasteiger partial charge in [0.2, 0.25) is 5.76 Å². The lowest BCUT2D eigenvalue weighted by molar-refractivity contribution is -0.123. The smallest absolute Gasteiger partial charge is 0.374 e. The number of urea groups is 1. The van der Waals surface area contributed by atoms with Gasteiger partial charge in [-0.1, -0.05) is 31.9 Å². The number of amides is 3. The summed E-state index contributed by atoms with van der Waals surface area (Å²) in [6.45, 7) is 1.40. The van der Waals surface area contributed by atoms with E-state index in [9.17, 15) is 19.2 Å². The van der Waals surface area contributed by atoms with Crippen LogP contribution in [0.1, 0.15) is 43.2 Å². The van der Waals surface area contributed by atoms with E-state index >= 15 is 0 Å². The molecule has 0 aliphatic heterocycles. The number of esters is 1. The monoisotopic (exact) mass is 386 g/mol. The van der Waals surface area contributed by atoms with Crippen LogP contribution in [0.3, 0.4) is 0 Å². The Morgan fingerprint density at radius 1 is 1.18 bits per heavy atom. The van der Waals surface area contributed by atoms with Gasteiger partial charge in [-0.25, -0.2) is 9.59 Å². The Bertz CT molecular complexity index is 951. The topological polar surface area (TPSA) is 115 Å². The van der Waals surface area contributed by atoms with Crippen molar-refractivity contribution in [1.82, 2.24) is 10.6 Å². The molecule has 0 bridgehead atoms. The fraction of sp³-hybridized carbons (Fsp3) is 0.400. The lowest BCUT2D eigenvalue weighted by Gasteiger charge is -2.29. The number of nitrogens with one attached hydrogen (secondary N) is 2. The predicted molar refractivity (Wildman–Crippen MR) is 101 cm³/mol. The van der Waals surface area contributed by atoms with Crippen LogP contribution in [0, 0.1) is 5.92 Å². The lowest BCUT2D eigenvalue weighted by Crippen LogP contribution is -2.48. The molecule has 0 saturated heterocycles. The molecule has 0 unspecified atom stereocenters. The second-order valence-electron chi connectivity index (χ2n) is 6.94. The standard InChI is InChI=1S/C20H22N2O6/c1-12-6-2-4-8-14(12)21-20(26)22-18(24)11-27-19(25)17-10-15(23)13-7-3-5-9-16(13)28-17/h3,5,7,9-10,12,14H,2,4,6,8,11H2,1H3,(H2,21,22,24,26)/t12-,14-/m1/s1. The van der Waals surface area contributed by atoms with Crippen molar-refractivity contribution in [2.45, 2.75) is 38.6 Å².